The maximum absolute atomic E-state index is 13.1. The third-order valence-corrected chi connectivity index (χ3v) is 6.29. The molecule has 0 atom stereocenters. The molecule has 10 heteroatoms. The molecule has 0 unspecified atom stereocenters. The fourth-order valence-electron chi connectivity index (χ4n) is 3.61. The van der Waals surface area contributed by atoms with E-state index in [4.69, 9.17) is 9.88 Å². The molecule has 2 aromatic carbocycles. The van der Waals surface area contributed by atoms with Crippen LogP contribution in [0.25, 0.3) is 0 Å². The first-order valence-corrected chi connectivity index (χ1v) is 11.7. The van der Waals surface area contributed by atoms with E-state index in [1.54, 1.807) is 12.3 Å². The second-order valence-electron chi connectivity index (χ2n) is 7.58. The normalized spacial score (nSPS) is 14.4. The van der Waals surface area contributed by atoms with Crippen molar-refractivity contribution in [2.45, 2.75) is 18.4 Å². The number of aryl methyl sites for hydroxylation is 1. The van der Waals surface area contributed by atoms with Crippen molar-refractivity contribution >= 4 is 27.3 Å². The summed E-state index contributed by atoms with van der Waals surface area (Å²) >= 11 is 0. The molecule has 3 N–H and O–H groups in total. The van der Waals surface area contributed by atoms with Crippen LogP contribution in [0.5, 0.6) is 0 Å². The van der Waals surface area contributed by atoms with Crippen LogP contribution in [0, 0.1) is 6.92 Å². The van der Waals surface area contributed by atoms with Gasteiger partial charge < -0.3 is 19.5 Å². The lowest BCUT2D eigenvalue weighted by molar-refractivity contribution is 0.102. The molecule has 32 heavy (non-hydrogen) atoms. The van der Waals surface area contributed by atoms with Gasteiger partial charge in [0.05, 0.1) is 23.7 Å². The van der Waals surface area contributed by atoms with Crippen molar-refractivity contribution in [1.29, 1.82) is 0 Å². The number of carbonyl (C=O) groups is 1. The van der Waals surface area contributed by atoms with Gasteiger partial charge in [-0.1, -0.05) is 12.1 Å². The summed E-state index contributed by atoms with van der Waals surface area (Å²) in [4.78, 5) is 19.2. The van der Waals surface area contributed by atoms with Gasteiger partial charge in [0.2, 0.25) is 10.0 Å². The van der Waals surface area contributed by atoms with E-state index in [1.807, 2.05) is 46.9 Å². The van der Waals surface area contributed by atoms with Gasteiger partial charge in [-0.3, -0.25) is 4.79 Å². The zero-order valence-corrected chi connectivity index (χ0v) is 18.5. The maximum atomic E-state index is 13.1. The van der Waals surface area contributed by atoms with E-state index in [0.29, 0.717) is 44.2 Å². The second-order valence-corrected chi connectivity index (χ2v) is 9.14. The molecule has 1 saturated heterocycles. The number of carbonyl (C=O) groups excluding carboxylic acids is 1. The maximum Gasteiger partial charge on any atom is 0.257 e. The Morgan fingerprint density at radius 2 is 1.88 bits per heavy atom. The second kappa shape index (κ2) is 9.11. The van der Waals surface area contributed by atoms with Crippen molar-refractivity contribution in [3.8, 4) is 0 Å². The van der Waals surface area contributed by atoms with Gasteiger partial charge in [0.15, 0.2) is 0 Å². The van der Waals surface area contributed by atoms with Crippen LogP contribution in [0.2, 0.25) is 0 Å². The number of sulfonamides is 1. The van der Waals surface area contributed by atoms with Crippen molar-refractivity contribution in [1.82, 2.24) is 9.55 Å². The number of benzene rings is 2. The number of rotatable bonds is 6. The van der Waals surface area contributed by atoms with Crippen LogP contribution in [0.15, 0.2) is 59.8 Å². The topological polar surface area (TPSA) is 120 Å². The van der Waals surface area contributed by atoms with Crippen LogP contribution in [0.4, 0.5) is 11.4 Å². The SMILES string of the molecule is Cc1nccn1Cc1ccc(NC(=O)c2cc(S(N)(=O)=O)ccc2N2CCOCC2)cc1. The summed E-state index contributed by atoms with van der Waals surface area (Å²) in [5, 5.41) is 8.15. The van der Waals surface area contributed by atoms with Crippen molar-refractivity contribution in [2.24, 2.45) is 5.14 Å². The van der Waals surface area contributed by atoms with E-state index >= 15 is 0 Å². The summed E-state index contributed by atoms with van der Waals surface area (Å²) in [6.07, 6.45) is 3.67. The van der Waals surface area contributed by atoms with Gasteiger partial charge in [0.1, 0.15) is 5.82 Å². The molecule has 1 amide bonds. The highest BCUT2D eigenvalue weighted by molar-refractivity contribution is 7.89. The average Bonchev–Trinajstić information content (AvgIpc) is 3.19. The van der Waals surface area contributed by atoms with Crippen LogP contribution in [-0.4, -0.2) is 50.2 Å². The van der Waals surface area contributed by atoms with Crippen LogP contribution in [-0.2, 0) is 21.3 Å². The van der Waals surface area contributed by atoms with Crippen molar-refractivity contribution < 1.29 is 17.9 Å². The summed E-state index contributed by atoms with van der Waals surface area (Å²) < 4.78 is 31.1. The molecule has 0 aliphatic carbocycles. The highest BCUT2D eigenvalue weighted by atomic mass is 32.2. The van der Waals surface area contributed by atoms with Crippen LogP contribution in [0.3, 0.4) is 0 Å². The Hall–Kier alpha value is -3.21. The number of anilines is 2. The van der Waals surface area contributed by atoms with Crippen molar-refractivity contribution in [3.05, 3.63) is 71.8 Å². The van der Waals surface area contributed by atoms with Crippen LogP contribution >= 0.6 is 0 Å². The number of primary sulfonamides is 1. The summed E-state index contributed by atoms with van der Waals surface area (Å²) in [6.45, 7) is 4.91. The predicted octanol–water partition coefficient (Wildman–Crippen LogP) is 1.98. The van der Waals surface area contributed by atoms with E-state index in [-0.39, 0.29) is 10.5 Å². The first-order chi connectivity index (χ1) is 15.3. The number of hydrogen-bond acceptors (Lipinski definition) is 6. The molecular formula is C22H25N5O4S. The minimum atomic E-state index is -3.94. The molecule has 1 aliphatic heterocycles. The Bertz CT molecular complexity index is 1220. The number of hydrogen-bond donors (Lipinski definition) is 2. The smallest absolute Gasteiger partial charge is 0.257 e. The molecule has 1 aliphatic rings. The summed E-state index contributed by atoms with van der Waals surface area (Å²) in [5.41, 5.74) is 2.56. The van der Waals surface area contributed by atoms with Gasteiger partial charge in [-0.05, 0) is 42.8 Å². The lowest BCUT2D eigenvalue weighted by atomic mass is 10.1. The fraction of sp³-hybridized carbons (Fsp3) is 0.273. The molecule has 1 aromatic heterocycles. The average molecular weight is 456 g/mol. The quantitative estimate of drug-likeness (QED) is 0.587. The molecule has 0 bridgehead atoms. The monoisotopic (exact) mass is 455 g/mol. The van der Waals surface area contributed by atoms with E-state index in [0.717, 1.165) is 11.4 Å². The van der Waals surface area contributed by atoms with Gasteiger partial charge >= 0.3 is 0 Å². The zero-order chi connectivity index (χ0) is 22.7. The highest BCUT2D eigenvalue weighted by Gasteiger charge is 2.22. The third-order valence-electron chi connectivity index (χ3n) is 5.38. The summed E-state index contributed by atoms with van der Waals surface area (Å²) in [6, 6.07) is 11.9. The number of amides is 1. The zero-order valence-electron chi connectivity index (χ0n) is 17.7. The molecule has 0 spiro atoms. The first kappa shape index (κ1) is 22.0. The number of ether oxygens (including phenoxy) is 1. The molecule has 3 aromatic rings. The van der Waals surface area contributed by atoms with Crippen LogP contribution < -0.4 is 15.4 Å². The number of aromatic nitrogens is 2. The van der Waals surface area contributed by atoms with E-state index in [2.05, 4.69) is 10.3 Å². The molecule has 4 rings (SSSR count). The highest BCUT2D eigenvalue weighted by Crippen LogP contribution is 2.26. The van der Waals surface area contributed by atoms with Gasteiger partial charge in [-0.25, -0.2) is 18.5 Å². The van der Waals surface area contributed by atoms with Gasteiger partial charge in [0.25, 0.3) is 5.91 Å². The lowest BCUT2D eigenvalue weighted by Crippen LogP contribution is -2.37. The number of imidazole rings is 1. The minimum Gasteiger partial charge on any atom is -0.378 e. The molecule has 1 fully saturated rings. The lowest BCUT2D eigenvalue weighted by Gasteiger charge is -2.30. The third kappa shape index (κ3) is 4.98. The Kier molecular flexibility index (Phi) is 6.26. The van der Waals surface area contributed by atoms with Gasteiger partial charge in [-0.15, -0.1) is 0 Å². The predicted molar refractivity (Wildman–Crippen MR) is 121 cm³/mol. The Morgan fingerprint density at radius 1 is 1.16 bits per heavy atom. The Morgan fingerprint density at radius 3 is 2.50 bits per heavy atom. The molecule has 168 valence electrons. The molecule has 0 saturated carbocycles. The molecule has 0 radical (unpaired) electrons. The number of nitrogens with zero attached hydrogens (tertiary/aromatic N) is 3. The van der Waals surface area contributed by atoms with Gasteiger partial charge in [-0.2, -0.15) is 0 Å². The van der Waals surface area contributed by atoms with Gasteiger partial charge in [0, 0.05) is 43.4 Å². The standard InChI is InChI=1S/C22H25N5O4S/c1-16-24-8-9-27(16)15-17-2-4-18(5-3-17)25-22(28)20-14-19(32(23,29)30)6-7-21(20)26-10-12-31-13-11-26/h2-9,14H,10-13,15H2,1H3,(H,25,28)(H2,23,29,30). The van der Waals surface area contributed by atoms with E-state index in [1.165, 1.54) is 12.1 Å². The largest absolute Gasteiger partial charge is 0.378 e. The number of nitrogens with one attached hydrogen (secondary N) is 1. The molecular weight excluding hydrogens is 430 g/mol. The van der Waals surface area contributed by atoms with E-state index < -0.39 is 15.9 Å². The van der Waals surface area contributed by atoms with E-state index in [9.17, 15) is 13.2 Å². The first-order valence-electron chi connectivity index (χ1n) is 10.2. The van der Waals surface area contributed by atoms with Crippen molar-refractivity contribution in [2.75, 3.05) is 36.5 Å². The van der Waals surface area contributed by atoms with Crippen LogP contribution in [0.1, 0.15) is 21.7 Å². The number of morpholine rings is 1. The Labute approximate surface area is 186 Å². The Balaban J connectivity index is 1.56. The summed E-state index contributed by atoms with van der Waals surface area (Å²) in [5.74, 6) is 0.517. The van der Waals surface area contributed by atoms with Crippen molar-refractivity contribution in [3.63, 3.8) is 0 Å². The minimum absolute atomic E-state index is 0.106. The fourth-order valence-corrected chi connectivity index (χ4v) is 4.15. The molecule has 9 nitrogen and oxygen atoms in total. The number of nitrogens with two attached hydrogens (primary N) is 1. The molecule has 2 heterocycles. The summed E-state index contributed by atoms with van der Waals surface area (Å²) in [7, 11) is -3.94.